The zero-order valence-corrected chi connectivity index (χ0v) is 46.8. The first-order valence-corrected chi connectivity index (χ1v) is 29.2. The van der Waals surface area contributed by atoms with Gasteiger partial charge in [0.25, 0.3) is 0 Å². The summed E-state index contributed by atoms with van der Waals surface area (Å²) >= 11 is 0. The van der Waals surface area contributed by atoms with Gasteiger partial charge in [0, 0.05) is 0 Å². The molecule has 0 heterocycles. The fraction of sp³-hybridized carbons (Fsp3) is 0.600. The zero-order valence-electron chi connectivity index (χ0n) is 46.8. The third-order valence-electron chi connectivity index (χ3n) is 15.2. The molecule has 0 aliphatic heterocycles. The molecule has 464 valence electrons. The van der Waals surface area contributed by atoms with Crippen LogP contribution in [0.15, 0.2) is 0 Å². The highest BCUT2D eigenvalue weighted by molar-refractivity contribution is 7.20. The van der Waals surface area contributed by atoms with Crippen molar-refractivity contribution in [3.05, 3.63) is 116 Å². The lowest BCUT2D eigenvalue weighted by Gasteiger charge is -2.44. The molecule has 4 aromatic carbocycles. The largest absolute Gasteiger partial charge is 0.346 e. The maximum absolute atomic E-state index is 15.4. The molecule has 0 unspecified atom stereocenters. The van der Waals surface area contributed by atoms with Gasteiger partial charge >= 0.3 is 0 Å². The van der Waals surface area contributed by atoms with Gasteiger partial charge < -0.3 is 5.32 Å². The van der Waals surface area contributed by atoms with Crippen molar-refractivity contribution in [3.8, 4) is 0 Å². The molecule has 4 rings (SSSR count). The van der Waals surface area contributed by atoms with E-state index < -0.39 is 144 Å². The fourth-order valence-corrected chi connectivity index (χ4v) is 10.7. The Morgan fingerprint density at radius 1 is 0.183 bits per heavy atom. The average Bonchev–Trinajstić information content (AvgIpc) is 0.853. The van der Waals surface area contributed by atoms with Gasteiger partial charge in [0.05, 0.1) is 13.1 Å². The maximum Gasteiger partial charge on any atom is 0.200 e. The third-order valence-corrected chi connectivity index (χ3v) is 15.2. The van der Waals surface area contributed by atoms with Crippen LogP contribution in [0.2, 0.25) is 0 Å². The van der Waals surface area contributed by atoms with E-state index in [9.17, 15) is 52.7 Å². The van der Waals surface area contributed by atoms with Crippen LogP contribution >= 0.6 is 0 Å². The van der Waals surface area contributed by atoms with Gasteiger partial charge in [0.2, 0.25) is 0 Å². The Balaban J connectivity index is 0.000000440. The standard InChI is InChI=1S/C36H75N.C24BF20/c1-3-5-7-9-11-13-15-17-19-21-23-25-27-29-31-33-35-37-36-34-32-30-28-26-24-22-20-18-16-14-12-10-8-6-4-2;26-5-1(6(27)14(35)21(42)13(5)34)25(2-7(28)15(36)22(43)16(37)8(2)29,3-9(30)17(38)23(44)18(39)10(3)31)4-11(32)19(40)24(45)20(41)12(4)33/h37H,3-36H2,1-2H3;/q;-1/p+1. The van der Waals surface area contributed by atoms with Gasteiger partial charge in [-0.1, -0.05) is 194 Å². The van der Waals surface area contributed by atoms with E-state index in [-0.39, 0.29) is 0 Å². The summed E-state index contributed by atoms with van der Waals surface area (Å²) in [5.41, 5.74) is -14.3. The van der Waals surface area contributed by atoms with Crippen LogP contribution in [0.1, 0.15) is 219 Å². The van der Waals surface area contributed by atoms with Gasteiger partial charge in [-0.3, -0.25) is 0 Å². The molecule has 0 bridgehead atoms. The Labute approximate surface area is 468 Å². The Morgan fingerprint density at radius 3 is 0.451 bits per heavy atom. The molecule has 0 radical (unpaired) electrons. The minimum atomic E-state index is -7.22. The van der Waals surface area contributed by atoms with Crippen LogP contribution in [0.3, 0.4) is 0 Å². The van der Waals surface area contributed by atoms with E-state index in [1.807, 2.05) is 0 Å². The van der Waals surface area contributed by atoms with E-state index in [2.05, 4.69) is 19.2 Å². The lowest BCUT2D eigenvalue weighted by Crippen LogP contribution is -2.84. The molecule has 0 atom stereocenters. The second-order valence-electron chi connectivity index (χ2n) is 21.3. The van der Waals surface area contributed by atoms with Crippen LogP contribution in [0, 0.1) is 116 Å². The average molecular weight is 1200 g/mol. The molecule has 0 aliphatic carbocycles. The van der Waals surface area contributed by atoms with Crippen LogP contribution in [-0.2, 0) is 0 Å². The normalized spacial score (nSPS) is 11.8. The summed E-state index contributed by atoms with van der Waals surface area (Å²) in [6, 6.07) is 0. The number of benzene rings is 4. The first-order valence-electron chi connectivity index (χ1n) is 29.2. The zero-order chi connectivity index (χ0) is 61.1. The monoisotopic (exact) mass is 1200 g/mol. The fourth-order valence-electron chi connectivity index (χ4n) is 10.7. The second-order valence-corrected chi connectivity index (χ2v) is 21.3. The molecule has 2 N–H and O–H groups in total. The van der Waals surface area contributed by atoms with E-state index >= 15 is 35.1 Å². The van der Waals surface area contributed by atoms with Crippen LogP contribution in [0.4, 0.5) is 87.8 Å². The predicted molar refractivity (Wildman–Crippen MR) is 280 cm³/mol. The summed E-state index contributed by atoms with van der Waals surface area (Å²) in [5, 5.41) is 2.59. The van der Waals surface area contributed by atoms with Crippen LogP contribution in [0.25, 0.3) is 0 Å². The molecule has 0 saturated carbocycles. The van der Waals surface area contributed by atoms with E-state index in [0.29, 0.717) is 0 Å². The molecule has 0 spiro atoms. The van der Waals surface area contributed by atoms with Gasteiger partial charge in [0.1, 0.15) is 52.7 Å². The number of unbranched alkanes of at least 4 members (excludes halogenated alkanes) is 30. The lowest BCUT2D eigenvalue weighted by atomic mass is 9.12. The molecule has 0 saturated heterocycles. The molecule has 1 nitrogen and oxygen atoms in total. The van der Waals surface area contributed by atoms with Crippen molar-refractivity contribution in [3.63, 3.8) is 0 Å². The van der Waals surface area contributed by atoms with Crippen molar-refractivity contribution in [2.75, 3.05) is 13.1 Å². The summed E-state index contributed by atoms with van der Waals surface area (Å²) < 4.78 is 294. The highest BCUT2D eigenvalue weighted by atomic mass is 19.2. The van der Waals surface area contributed by atoms with E-state index in [4.69, 9.17) is 0 Å². The Morgan fingerprint density at radius 2 is 0.305 bits per heavy atom. The predicted octanol–water partition coefficient (Wildman–Crippen LogP) is 17.9. The molecular formula is C60H76BF20N. The van der Waals surface area contributed by atoms with Crippen LogP contribution < -0.4 is 27.2 Å². The highest BCUT2D eigenvalue weighted by Gasteiger charge is 2.52. The topological polar surface area (TPSA) is 16.6 Å². The minimum absolute atomic E-state index is 1.37. The van der Waals surface area contributed by atoms with Gasteiger partial charge in [-0.25, -0.2) is 87.8 Å². The molecule has 4 aromatic rings. The smallest absolute Gasteiger partial charge is 0.200 e. The number of hydrogen-bond donors (Lipinski definition) is 1. The SMILES string of the molecule is CCCCCCCCCCCCCCCCCC[NH2+]CCCCCCCCCCCCCCCCCC.Fc1c(F)c(F)c([B-](c2c(F)c(F)c(F)c(F)c2F)(c2c(F)c(F)c(F)c(F)c2F)c2c(F)c(F)c(F)c(F)c2F)c(F)c1F. The molecule has 0 aromatic heterocycles. The number of quaternary nitrogens is 1. The lowest BCUT2D eigenvalue weighted by molar-refractivity contribution is -0.655. The van der Waals surface area contributed by atoms with Crippen LogP contribution in [-0.4, -0.2) is 19.2 Å². The molecule has 82 heavy (non-hydrogen) atoms. The quantitative estimate of drug-likeness (QED) is 0.0151. The third kappa shape index (κ3) is 18.8. The van der Waals surface area contributed by atoms with Gasteiger partial charge in [-0.15, -0.1) is 21.9 Å². The van der Waals surface area contributed by atoms with Crippen molar-refractivity contribution >= 4 is 28.0 Å². The van der Waals surface area contributed by atoms with Crippen molar-refractivity contribution in [2.45, 2.75) is 219 Å². The van der Waals surface area contributed by atoms with E-state index in [0.717, 1.165) is 0 Å². The summed E-state index contributed by atoms with van der Waals surface area (Å²) in [5.74, 6) is -71.4. The van der Waals surface area contributed by atoms with E-state index in [1.165, 1.54) is 219 Å². The number of nitrogens with two attached hydrogens (primary N) is 1. The van der Waals surface area contributed by atoms with Crippen molar-refractivity contribution in [2.24, 2.45) is 0 Å². The molecule has 0 aliphatic rings. The first kappa shape index (κ1) is 71.8. The maximum atomic E-state index is 15.4. The summed E-state index contributed by atoms with van der Waals surface area (Å²) in [6.07, 6.45) is 39.8. The van der Waals surface area contributed by atoms with E-state index in [1.54, 1.807) is 0 Å². The Hall–Kier alpha value is -4.50. The van der Waals surface area contributed by atoms with Crippen molar-refractivity contribution in [1.82, 2.24) is 0 Å². The van der Waals surface area contributed by atoms with Gasteiger partial charge in [-0.2, -0.15) is 0 Å². The summed E-state index contributed by atoms with van der Waals surface area (Å²) in [7, 11) is 0. The highest BCUT2D eigenvalue weighted by Crippen LogP contribution is 2.31. The molecule has 22 heteroatoms. The van der Waals surface area contributed by atoms with Crippen LogP contribution in [0.5, 0.6) is 0 Å². The first-order chi connectivity index (χ1) is 39.1. The van der Waals surface area contributed by atoms with Crippen molar-refractivity contribution in [1.29, 1.82) is 0 Å². The van der Waals surface area contributed by atoms with Gasteiger partial charge in [-0.05, 0) is 25.7 Å². The summed E-state index contributed by atoms with van der Waals surface area (Å²) in [4.78, 5) is 0. The van der Waals surface area contributed by atoms with Gasteiger partial charge in [0.15, 0.2) is 69.8 Å². The summed E-state index contributed by atoms with van der Waals surface area (Å²) in [6.45, 7) is 7.36. The molecule has 0 fully saturated rings. The van der Waals surface area contributed by atoms with Crippen molar-refractivity contribution < 1.29 is 93.1 Å². The molecular weight excluding hydrogens is 1130 g/mol. The number of halogens is 20. The Kier molecular flexibility index (Phi) is 32.4. The minimum Gasteiger partial charge on any atom is -0.346 e. The Bertz CT molecular complexity index is 2180. The number of rotatable bonds is 38. The molecule has 0 amide bonds. The second kappa shape index (κ2) is 37.0. The number of hydrogen-bond acceptors (Lipinski definition) is 0.